The number of urea groups is 1. The fourth-order valence-corrected chi connectivity index (χ4v) is 5.88. The van der Waals surface area contributed by atoms with E-state index in [1.54, 1.807) is 37.3 Å². The molecule has 1 fully saturated rings. The first kappa shape index (κ1) is 36.6. The topological polar surface area (TPSA) is 109 Å². The van der Waals surface area contributed by atoms with Crippen molar-refractivity contribution in [1.29, 1.82) is 0 Å². The number of benzene rings is 2. The van der Waals surface area contributed by atoms with Crippen LogP contribution in [-0.4, -0.2) is 47.8 Å². The number of rotatable bonds is 14. The lowest BCUT2D eigenvalue weighted by Crippen LogP contribution is -2.57. The summed E-state index contributed by atoms with van der Waals surface area (Å²) in [5, 5.41) is 8.72. The van der Waals surface area contributed by atoms with Crippen molar-refractivity contribution in [2.24, 2.45) is 5.92 Å². The smallest absolute Gasteiger partial charge is 0.428 e. The van der Waals surface area contributed by atoms with Crippen molar-refractivity contribution in [2.75, 3.05) is 6.54 Å². The monoisotopic (exact) mass is 694 g/mol. The fraction of sp³-hybridized carbons (Fsp3) is 0.412. The number of pyridine rings is 1. The van der Waals surface area contributed by atoms with Gasteiger partial charge in [-0.3, -0.25) is 14.6 Å². The number of amides is 3. The van der Waals surface area contributed by atoms with E-state index in [1.807, 2.05) is 0 Å². The molecule has 8 nitrogen and oxygen atoms in total. The predicted octanol–water partition coefficient (Wildman–Crippen LogP) is 6.94. The van der Waals surface area contributed by atoms with Gasteiger partial charge in [-0.2, -0.15) is 17.6 Å². The molecule has 0 aliphatic heterocycles. The largest absolute Gasteiger partial charge is 0.461 e. The van der Waals surface area contributed by atoms with Crippen molar-refractivity contribution < 1.29 is 41.1 Å². The highest BCUT2D eigenvalue weighted by Gasteiger charge is 2.45. The van der Waals surface area contributed by atoms with Crippen LogP contribution in [0.25, 0.3) is 0 Å². The Balaban J connectivity index is 1.74. The molecule has 48 heavy (non-hydrogen) atoms. The van der Waals surface area contributed by atoms with E-state index in [9.17, 15) is 31.9 Å². The van der Waals surface area contributed by atoms with E-state index in [2.05, 4.69) is 25.7 Å². The Morgan fingerprint density at radius 3 is 2.44 bits per heavy atom. The molecule has 0 spiro atoms. The number of ketones is 1. The van der Waals surface area contributed by atoms with Crippen LogP contribution in [0.15, 0.2) is 66.9 Å². The molecule has 4 rings (SSSR count). The van der Waals surface area contributed by atoms with Gasteiger partial charge in [0.2, 0.25) is 5.91 Å². The standard InChI is InChI=1S/C34H36ClF5N4O4/c1-2-25(45)14-15-41-30(46)27-10-6-7-11-28(27)43-32(47)44-33(19-21-8-4-3-5-9-21,29-13-12-23(35)20-42-29)22-16-24(36)18-26(17-22)48-34(39,40)31(37)38/h3-5,8-9,12-13,16-18,20,27-28,31H,2,6-7,10-11,14-15,19H2,1H3,(H,41,46)(H2,43,44,47)/t27-,28+,33-/m0/s1. The molecule has 0 radical (unpaired) electrons. The Bertz CT molecular complexity index is 1560. The summed E-state index contributed by atoms with van der Waals surface area (Å²) in [5.74, 6) is -2.93. The summed E-state index contributed by atoms with van der Waals surface area (Å²) in [6.07, 6.45) is -5.01. The van der Waals surface area contributed by atoms with Gasteiger partial charge in [0.05, 0.1) is 16.6 Å². The number of carbonyl (C=O) groups excluding carboxylic acids is 3. The fourth-order valence-electron chi connectivity index (χ4n) is 5.77. The SMILES string of the molecule is CCC(=O)CCNC(=O)[C@H]1CCCC[C@H]1NC(=O)N[C@@](Cc1ccccc1)(c1cc(F)cc(OC(F)(F)C(F)F)c1)c1ccc(Cl)cn1. The number of Topliss-reactive ketones (excluding diaryl/α,β-unsaturated/α-hetero) is 1. The van der Waals surface area contributed by atoms with Crippen molar-refractivity contribution in [3.63, 3.8) is 0 Å². The van der Waals surface area contributed by atoms with Crippen LogP contribution in [0.5, 0.6) is 5.75 Å². The van der Waals surface area contributed by atoms with Gasteiger partial charge in [0.15, 0.2) is 0 Å². The Labute approximate surface area is 279 Å². The van der Waals surface area contributed by atoms with Crippen LogP contribution in [0.4, 0.5) is 26.7 Å². The third-order valence-corrected chi connectivity index (χ3v) is 8.42. The Morgan fingerprint density at radius 2 is 1.77 bits per heavy atom. The highest BCUT2D eigenvalue weighted by molar-refractivity contribution is 6.30. The van der Waals surface area contributed by atoms with E-state index >= 15 is 4.39 Å². The minimum Gasteiger partial charge on any atom is -0.428 e. The highest BCUT2D eigenvalue weighted by atomic mass is 35.5. The number of aromatic nitrogens is 1. The first-order chi connectivity index (χ1) is 22.8. The second kappa shape index (κ2) is 16.2. The van der Waals surface area contributed by atoms with Crippen LogP contribution in [0.3, 0.4) is 0 Å². The van der Waals surface area contributed by atoms with Crippen molar-refractivity contribution in [3.8, 4) is 5.75 Å². The van der Waals surface area contributed by atoms with Gasteiger partial charge in [0.1, 0.15) is 22.9 Å². The lowest BCUT2D eigenvalue weighted by Gasteiger charge is -2.37. The maximum atomic E-state index is 15.1. The molecule has 2 aromatic carbocycles. The van der Waals surface area contributed by atoms with Gasteiger partial charge in [-0.25, -0.2) is 9.18 Å². The average molecular weight is 695 g/mol. The van der Waals surface area contributed by atoms with Gasteiger partial charge in [-0.1, -0.05) is 61.7 Å². The third-order valence-electron chi connectivity index (χ3n) is 8.19. The van der Waals surface area contributed by atoms with Gasteiger partial charge in [0, 0.05) is 44.1 Å². The molecular weight excluding hydrogens is 659 g/mol. The summed E-state index contributed by atoms with van der Waals surface area (Å²) in [7, 11) is 0. The van der Waals surface area contributed by atoms with Crippen LogP contribution >= 0.6 is 11.6 Å². The number of alkyl halides is 4. The molecule has 1 aromatic heterocycles. The summed E-state index contributed by atoms with van der Waals surface area (Å²) in [5.41, 5.74) is -1.23. The van der Waals surface area contributed by atoms with E-state index in [0.29, 0.717) is 30.9 Å². The van der Waals surface area contributed by atoms with Gasteiger partial charge in [-0.05, 0) is 48.2 Å². The molecule has 1 saturated carbocycles. The number of hydrogen-bond acceptors (Lipinski definition) is 5. The zero-order chi connectivity index (χ0) is 34.9. The molecule has 14 heteroatoms. The summed E-state index contributed by atoms with van der Waals surface area (Å²) >= 11 is 6.11. The zero-order valence-electron chi connectivity index (χ0n) is 26.1. The van der Waals surface area contributed by atoms with E-state index in [1.165, 1.54) is 18.3 Å². The normalized spacial score (nSPS) is 17.7. The maximum Gasteiger partial charge on any atom is 0.461 e. The van der Waals surface area contributed by atoms with Crippen LogP contribution in [0.2, 0.25) is 5.02 Å². The summed E-state index contributed by atoms with van der Waals surface area (Å²) in [4.78, 5) is 43.1. The molecule has 1 aliphatic rings. The predicted molar refractivity (Wildman–Crippen MR) is 168 cm³/mol. The number of halogens is 6. The number of hydrogen-bond donors (Lipinski definition) is 3. The van der Waals surface area contributed by atoms with E-state index < -0.39 is 47.6 Å². The average Bonchev–Trinajstić information content (AvgIpc) is 3.04. The quantitative estimate of drug-likeness (QED) is 0.159. The first-order valence-electron chi connectivity index (χ1n) is 15.5. The Kier molecular flexibility index (Phi) is 12.4. The van der Waals surface area contributed by atoms with Crippen molar-refractivity contribution in [3.05, 3.63) is 94.5 Å². The molecule has 3 atom stereocenters. The van der Waals surface area contributed by atoms with Gasteiger partial charge >= 0.3 is 18.6 Å². The third kappa shape index (κ3) is 9.42. The highest BCUT2D eigenvalue weighted by Crippen LogP contribution is 2.37. The molecule has 3 aromatic rings. The van der Waals surface area contributed by atoms with E-state index in [-0.39, 0.29) is 47.4 Å². The van der Waals surface area contributed by atoms with Gasteiger partial charge < -0.3 is 20.7 Å². The van der Waals surface area contributed by atoms with Crippen LogP contribution in [0, 0.1) is 11.7 Å². The first-order valence-corrected chi connectivity index (χ1v) is 15.9. The second-order valence-electron chi connectivity index (χ2n) is 11.6. The molecule has 258 valence electrons. The molecule has 3 amide bonds. The summed E-state index contributed by atoms with van der Waals surface area (Å²) in [6.45, 7) is 1.90. The van der Waals surface area contributed by atoms with Crippen LogP contribution in [-0.2, 0) is 21.5 Å². The minimum atomic E-state index is -4.93. The molecule has 0 bridgehead atoms. The Morgan fingerprint density at radius 1 is 1.04 bits per heavy atom. The lowest BCUT2D eigenvalue weighted by atomic mass is 9.80. The zero-order valence-corrected chi connectivity index (χ0v) is 26.8. The van der Waals surface area contributed by atoms with E-state index in [4.69, 9.17) is 11.6 Å². The van der Waals surface area contributed by atoms with Crippen LogP contribution < -0.4 is 20.7 Å². The summed E-state index contributed by atoms with van der Waals surface area (Å²) < 4.78 is 73.4. The second-order valence-corrected chi connectivity index (χ2v) is 12.0. The Hall–Kier alpha value is -4.26. The van der Waals surface area contributed by atoms with Crippen LogP contribution in [0.1, 0.15) is 62.3 Å². The lowest BCUT2D eigenvalue weighted by molar-refractivity contribution is -0.253. The number of ether oxygens (including phenoxy) is 1. The number of carbonyl (C=O) groups is 3. The molecular formula is C34H36ClF5N4O4. The minimum absolute atomic E-state index is 0.00222. The molecule has 3 N–H and O–H groups in total. The summed E-state index contributed by atoms with van der Waals surface area (Å²) in [6, 6.07) is 12.6. The number of nitrogens with zero attached hydrogens (tertiary/aromatic N) is 1. The molecule has 1 heterocycles. The van der Waals surface area contributed by atoms with E-state index in [0.717, 1.165) is 25.0 Å². The van der Waals surface area contributed by atoms with Crippen molar-refractivity contribution in [1.82, 2.24) is 20.9 Å². The molecule has 1 aliphatic carbocycles. The van der Waals surface area contributed by atoms with Gasteiger partial charge in [0.25, 0.3) is 0 Å². The molecule has 0 unspecified atom stereocenters. The maximum absolute atomic E-state index is 15.1. The van der Waals surface area contributed by atoms with Crippen molar-refractivity contribution >= 4 is 29.3 Å². The molecule has 0 saturated heterocycles. The van der Waals surface area contributed by atoms with Crippen molar-refractivity contribution in [2.45, 2.75) is 76.0 Å². The van der Waals surface area contributed by atoms with Gasteiger partial charge in [-0.15, -0.1) is 0 Å². The number of nitrogens with one attached hydrogen (secondary N) is 3.